The molecular weight excluding hydrogens is 250 g/mol. The Bertz CT molecular complexity index is 533. The highest BCUT2D eigenvalue weighted by molar-refractivity contribution is 7.89. The van der Waals surface area contributed by atoms with E-state index in [2.05, 4.69) is 0 Å². The Morgan fingerprint density at radius 1 is 1.28 bits per heavy atom. The first-order valence-electron chi connectivity index (χ1n) is 5.59. The van der Waals surface area contributed by atoms with Crippen LogP contribution in [0.1, 0.15) is 18.9 Å². The normalized spacial score (nSPS) is 12.2. The topological polar surface area (TPSA) is 63.2 Å². The molecule has 0 saturated carbocycles. The van der Waals surface area contributed by atoms with Crippen molar-refractivity contribution in [3.05, 3.63) is 47.5 Å². The molecule has 18 heavy (non-hydrogen) atoms. The molecule has 0 aliphatic carbocycles. The smallest absolute Gasteiger partial charge is 0.257 e. The van der Waals surface area contributed by atoms with Gasteiger partial charge in [-0.2, -0.15) is 0 Å². The second-order valence-corrected chi connectivity index (χ2v) is 5.96. The highest BCUT2D eigenvalue weighted by Gasteiger charge is 2.05. The van der Waals surface area contributed by atoms with E-state index in [-0.39, 0.29) is 0 Å². The van der Waals surface area contributed by atoms with Gasteiger partial charge in [-0.3, -0.25) is 4.79 Å². The van der Waals surface area contributed by atoms with Crippen LogP contribution in [0.2, 0.25) is 0 Å². The molecule has 1 aromatic carbocycles. The van der Waals surface area contributed by atoms with Crippen molar-refractivity contribution in [2.24, 2.45) is 0 Å². The molecule has 98 valence electrons. The van der Waals surface area contributed by atoms with Gasteiger partial charge < -0.3 is 0 Å². The number of hydrogen-bond donors (Lipinski definition) is 1. The second-order valence-electron chi connectivity index (χ2n) is 4.21. The molecule has 0 spiro atoms. The number of nitrogens with one attached hydrogen (secondary N) is 1. The lowest BCUT2D eigenvalue weighted by molar-refractivity contribution is -0.114. The monoisotopic (exact) mass is 267 g/mol. The highest BCUT2D eigenvalue weighted by atomic mass is 32.2. The van der Waals surface area contributed by atoms with Crippen molar-refractivity contribution >= 4 is 15.9 Å². The highest BCUT2D eigenvalue weighted by Crippen LogP contribution is 2.08. The number of amides is 1. The minimum atomic E-state index is -3.48. The van der Waals surface area contributed by atoms with Gasteiger partial charge in [0.1, 0.15) is 0 Å². The lowest BCUT2D eigenvalue weighted by Gasteiger charge is -2.03. The zero-order valence-electron chi connectivity index (χ0n) is 10.5. The zero-order chi connectivity index (χ0) is 13.6. The minimum absolute atomic E-state index is 0.594. The summed E-state index contributed by atoms with van der Waals surface area (Å²) in [7, 11) is -3.48. The molecule has 0 bridgehead atoms. The zero-order valence-corrected chi connectivity index (χ0v) is 11.3. The summed E-state index contributed by atoms with van der Waals surface area (Å²) >= 11 is 0. The second kappa shape index (κ2) is 6.35. The maximum absolute atomic E-state index is 11.3. The summed E-state index contributed by atoms with van der Waals surface area (Å²) in [6.07, 6.45) is 3.83. The number of sulfonamides is 1. The molecule has 0 aliphatic rings. The summed E-state index contributed by atoms with van der Waals surface area (Å²) in [4.78, 5) is 11.3. The Hall–Kier alpha value is -1.62. The Morgan fingerprint density at radius 3 is 2.44 bits per heavy atom. The van der Waals surface area contributed by atoms with Crippen LogP contribution < -0.4 is 4.72 Å². The average molecular weight is 267 g/mol. The van der Waals surface area contributed by atoms with Crippen molar-refractivity contribution in [1.29, 1.82) is 0 Å². The molecule has 0 aromatic heterocycles. The van der Waals surface area contributed by atoms with Crippen molar-refractivity contribution in [2.75, 3.05) is 6.26 Å². The third-order valence-corrected chi connectivity index (χ3v) is 2.89. The molecule has 1 rings (SSSR count). The minimum Gasteiger partial charge on any atom is -0.269 e. The van der Waals surface area contributed by atoms with Gasteiger partial charge in [0.25, 0.3) is 5.91 Å². The van der Waals surface area contributed by atoms with Gasteiger partial charge in [-0.1, -0.05) is 35.9 Å². The van der Waals surface area contributed by atoms with Gasteiger partial charge in [0.2, 0.25) is 10.0 Å². The largest absolute Gasteiger partial charge is 0.269 e. The number of benzene rings is 1. The molecule has 0 heterocycles. The van der Waals surface area contributed by atoms with E-state index >= 15 is 0 Å². The Kier molecular flexibility index (Phi) is 5.09. The fourth-order valence-corrected chi connectivity index (χ4v) is 1.92. The molecule has 1 aromatic rings. The predicted octanol–water partition coefficient (Wildman–Crippen LogP) is 1.64. The molecule has 1 amide bonds. The summed E-state index contributed by atoms with van der Waals surface area (Å²) in [5.74, 6) is -0.594. The maximum atomic E-state index is 11.3. The van der Waals surface area contributed by atoms with E-state index in [0.717, 1.165) is 24.7 Å². The van der Waals surface area contributed by atoms with Gasteiger partial charge in [0.15, 0.2) is 0 Å². The van der Waals surface area contributed by atoms with Crippen molar-refractivity contribution in [3.63, 3.8) is 0 Å². The number of carbonyl (C=O) groups is 1. The maximum Gasteiger partial charge on any atom is 0.257 e. The molecule has 0 atom stereocenters. The van der Waals surface area contributed by atoms with Crippen LogP contribution in [0.15, 0.2) is 42.0 Å². The lowest BCUT2D eigenvalue weighted by Crippen LogP contribution is -2.27. The van der Waals surface area contributed by atoms with Gasteiger partial charge in [-0.25, -0.2) is 13.1 Å². The summed E-state index contributed by atoms with van der Waals surface area (Å²) < 4.78 is 23.6. The third-order valence-electron chi connectivity index (χ3n) is 2.31. The molecule has 1 N–H and O–H groups in total. The van der Waals surface area contributed by atoms with E-state index in [9.17, 15) is 13.2 Å². The standard InChI is InChI=1S/C13H17NO3S/c1-11(10-13(15)14-18(2,16)17)8-9-12-6-4-3-5-7-12/h3-7,10H,8-9H2,1-2H3,(H,14,15)/b11-10-. The van der Waals surface area contributed by atoms with E-state index in [1.165, 1.54) is 11.6 Å². The Balaban J connectivity index is 2.50. The molecule has 0 saturated heterocycles. The number of hydrogen-bond acceptors (Lipinski definition) is 3. The van der Waals surface area contributed by atoms with E-state index < -0.39 is 15.9 Å². The first kappa shape index (κ1) is 14.4. The SMILES string of the molecule is C/C(=C/C(=O)NS(C)(=O)=O)CCc1ccccc1. The predicted molar refractivity (Wildman–Crippen MR) is 71.5 cm³/mol. The van der Waals surface area contributed by atoms with E-state index in [1.54, 1.807) is 0 Å². The molecule has 0 aliphatic heterocycles. The van der Waals surface area contributed by atoms with E-state index in [4.69, 9.17) is 0 Å². The van der Waals surface area contributed by atoms with Crippen LogP contribution in [0.3, 0.4) is 0 Å². The Labute approximate surface area is 108 Å². The van der Waals surface area contributed by atoms with Gasteiger partial charge in [0, 0.05) is 6.08 Å². The van der Waals surface area contributed by atoms with E-state index in [1.807, 2.05) is 42.0 Å². The molecule has 0 fully saturated rings. The fraction of sp³-hybridized carbons (Fsp3) is 0.308. The van der Waals surface area contributed by atoms with Crippen LogP contribution in [0.25, 0.3) is 0 Å². The van der Waals surface area contributed by atoms with Crippen molar-refractivity contribution in [2.45, 2.75) is 19.8 Å². The lowest BCUT2D eigenvalue weighted by atomic mass is 10.1. The van der Waals surface area contributed by atoms with E-state index in [0.29, 0.717) is 0 Å². The van der Waals surface area contributed by atoms with Crippen molar-refractivity contribution in [1.82, 2.24) is 4.72 Å². The molecule has 0 unspecified atom stereocenters. The number of aryl methyl sites for hydroxylation is 1. The van der Waals surface area contributed by atoms with Crippen LogP contribution in [0.5, 0.6) is 0 Å². The van der Waals surface area contributed by atoms with Crippen LogP contribution in [0, 0.1) is 0 Å². The summed E-state index contributed by atoms with van der Waals surface area (Å²) in [5, 5.41) is 0. The summed E-state index contributed by atoms with van der Waals surface area (Å²) in [5.41, 5.74) is 2.04. The summed E-state index contributed by atoms with van der Waals surface area (Å²) in [6, 6.07) is 9.91. The Morgan fingerprint density at radius 2 is 1.89 bits per heavy atom. The first-order chi connectivity index (χ1) is 8.37. The molecule has 4 nitrogen and oxygen atoms in total. The number of carbonyl (C=O) groups excluding carboxylic acids is 1. The fourth-order valence-electron chi connectivity index (χ4n) is 1.49. The van der Waals surface area contributed by atoms with Crippen molar-refractivity contribution < 1.29 is 13.2 Å². The van der Waals surface area contributed by atoms with Crippen molar-refractivity contribution in [3.8, 4) is 0 Å². The van der Waals surface area contributed by atoms with Crippen LogP contribution >= 0.6 is 0 Å². The number of allylic oxidation sites excluding steroid dienone is 1. The third kappa shape index (κ3) is 6.20. The molecular formula is C13H17NO3S. The summed E-state index contributed by atoms with van der Waals surface area (Å²) in [6.45, 7) is 1.81. The van der Waals surface area contributed by atoms with Crippen LogP contribution in [-0.2, 0) is 21.2 Å². The number of rotatable bonds is 5. The quantitative estimate of drug-likeness (QED) is 0.825. The van der Waals surface area contributed by atoms with Gasteiger partial charge >= 0.3 is 0 Å². The molecule has 5 heteroatoms. The van der Waals surface area contributed by atoms with Gasteiger partial charge in [-0.05, 0) is 25.3 Å². The van der Waals surface area contributed by atoms with Crippen LogP contribution in [-0.4, -0.2) is 20.6 Å². The van der Waals surface area contributed by atoms with Gasteiger partial charge in [0.05, 0.1) is 6.26 Å². The van der Waals surface area contributed by atoms with Crippen LogP contribution in [0.4, 0.5) is 0 Å². The first-order valence-corrected chi connectivity index (χ1v) is 7.49. The molecule has 0 radical (unpaired) electrons. The average Bonchev–Trinajstić information content (AvgIpc) is 2.25. The van der Waals surface area contributed by atoms with Gasteiger partial charge in [-0.15, -0.1) is 0 Å².